The fraction of sp³-hybridized carbons (Fsp3) is 0.276. The number of hydrogen-bond donors (Lipinski definition) is 2. The Bertz CT molecular complexity index is 1470. The topological polar surface area (TPSA) is 119 Å². The molecule has 11 heteroatoms. The summed E-state index contributed by atoms with van der Waals surface area (Å²) in [4.78, 5) is 38.5. The molecule has 3 atom stereocenters. The van der Waals surface area contributed by atoms with Crippen molar-refractivity contribution in [2.24, 2.45) is 0 Å². The van der Waals surface area contributed by atoms with Gasteiger partial charge < -0.3 is 20.1 Å². The van der Waals surface area contributed by atoms with E-state index in [1.165, 1.54) is 30.2 Å². The molecule has 0 bridgehead atoms. The van der Waals surface area contributed by atoms with Gasteiger partial charge >= 0.3 is 6.09 Å². The summed E-state index contributed by atoms with van der Waals surface area (Å²) >= 11 is 0. The Kier molecular flexibility index (Phi) is 8.59. The van der Waals surface area contributed by atoms with Crippen LogP contribution in [0.25, 0.3) is 11.1 Å². The molecule has 0 aliphatic carbocycles. The molecule has 206 valence electrons. The number of halogens is 1. The summed E-state index contributed by atoms with van der Waals surface area (Å²) in [6, 6.07) is 7.69. The molecule has 3 aromatic rings. The number of aromatic nitrogens is 3. The van der Waals surface area contributed by atoms with Crippen LogP contribution < -0.4 is 20.3 Å². The fourth-order valence-corrected chi connectivity index (χ4v) is 4.20. The minimum absolute atomic E-state index is 0.0454. The van der Waals surface area contributed by atoms with Gasteiger partial charge in [0.25, 0.3) is 0 Å². The number of carbonyl (C=O) groups is 2. The van der Waals surface area contributed by atoms with Gasteiger partial charge in [-0.3, -0.25) is 14.7 Å². The quantitative estimate of drug-likeness (QED) is 0.275. The fourth-order valence-electron chi connectivity index (χ4n) is 4.20. The van der Waals surface area contributed by atoms with Crippen LogP contribution >= 0.6 is 0 Å². The third-order valence-corrected chi connectivity index (χ3v) is 6.24. The maximum absolute atomic E-state index is 14.0. The first-order valence-electron chi connectivity index (χ1n) is 12.5. The van der Waals surface area contributed by atoms with E-state index in [-0.39, 0.29) is 36.9 Å². The van der Waals surface area contributed by atoms with Crippen molar-refractivity contribution < 1.29 is 23.5 Å². The molecule has 0 unspecified atom stereocenters. The molecule has 1 fully saturated rings. The highest BCUT2D eigenvalue weighted by atomic mass is 19.1. The third kappa shape index (κ3) is 6.35. The number of hydrogen-bond acceptors (Lipinski definition) is 8. The molecule has 0 radical (unpaired) electrons. The number of anilines is 3. The Morgan fingerprint density at radius 1 is 1.35 bits per heavy atom. The highest BCUT2D eigenvalue weighted by molar-refractivity contribution is 5.99. The molecular formula is C29H29FN6O4. The number of terminal acetylenes is 1. The summed E-state index contributed by atoms with van der Waals surface area (Å²) < 4.78 is 24.7. The first kappa shape index (κ1) is 28.0. The van der Waals surface area contributed by atoms with E-state index in [1.807, 2.05) is 32.0 Å². The van der Waals surface area contributed by atoms with Gasteiger partial charge in [-0.15, -0.1) is 6.42 Å². The largest absolute Gasteiger partial charge is 0.481 e. The SMILES string of the molecule is C#CCOc1cc(NC(=O)C=C)cc(-c2cnc([C@H](C)Nc3nccc(N4C(=O)OC[C@@H]4[C@H](C)F)n3)cc2C)c1. The maximum Gasteiger partial charge on any atom is 0.416 e. The molecule has 3 heterocycles. The van der Waals surface area contributed by atoms with Crippen LogP contribution in [-0.4, -0.2) is 52.4 Å². The van der Waals surface area contributed by atoms with Gasteiger partial charge in [0.05, 0.1) is 11.7 Å². The van der Waals surface area contributed by atoms with E-state index in [1.54, 1.807) is 12.3 Å². The molecule has 0 spiro atoms. The van der Waals surface area contributed by atoms with Crippen molar-refractivity contribution in [2.45, 2.75) is 39.0 Å². The molecule has 1 aliphatic heterocycles. The number of rotatable bonds is 10. The van der Waals surface area contributed by atoms with Gasteiger partial charge in [0.2, 0.25) is 11.9 Å². The van der Waals surface area contributed by atoms with Crippen molar-refractivity contribution in [2.75, 3.05) is 28.7 Å². The monoisotopic (exact) mass is 544 g/mol. The third-order valence-electron chi connectivity index (χ3n) is 6.24. The predicted molar refractivity (Wildman–Crippen MR) is 150 cm³/mol. The lowest BCUT2D eigenvalue weighted by molar-refractivity contribution is -0.111. The van der Waals surface area contributed by atoms with Crippen molar-refractivity contribution >= 4 is 29.5 Å². The van der Waals surface area contributed by atoms with Crippen LogP contribution in [0.2, 0.25) is 0 Å². The number of cyclic esters (lactones) is 1. The lowest BCUT2D eigenvalue weighted by atomic mass is 10.00. The number of alkyl halides is 1. The highest BCUT2D eigenvalue weighted by Gasteiger charge is 2.39. The normalized spacial score (nSPS) is 15.9. The van der Waals surface area contributed by atoms with Gasteiger partial charge in [-0.2, -0.15) is 4.98 Å². The molecule has 2 amide bonds. The minimum Gasteiger partial charge on any atom is -0.481 e. The van der Waals surface area contributed by atoms with Crippen LogP contribution in [0.4, 0.5) is 26.6 Å². The Labute approximate surface area is 231 Å². The van der Waals surface area contributed by atoms with Crippen LogP contribution in [0, 0.1) is 19.3 Å². The lowest BCUT2D eigenvalue weighted by Crippen LogP contribution is -2.39. The van der Waals surface area contributed by atoms with E-state index >= 15 is 0 Å². The van der Waals surface area contributed by atoms with Crippen LogP contribution in [-0.2, 0) is 9.53 Å². The summed E-state index contributed by atoms with van der Waals surface area (Å²) in [6.07, 6.45) is 7.79. The van der Waals surface area contributed by atoms with E-state index in [4.69, 9.17) is 15.9 Å². The number of nitrogens with zero attached hydrogens (tertiary/aromatic N) is 4. The van der Waals surface area contributed by atoms with Crippen molar-refractivity contribution in [3.8, 4) is 29.2 Å². The van der Waals surface area contributed by atoms with Crippen LogP contribution in [0.15, 0.2) is 55.4 Å². The smallest absolute Gasteiger partial charge is 0.416 e. The van der Waals surface area contributed by atoms with E-state index in [2.05, 4.69) is 38.1 Å². The van der Waals surface area contributed by atoms with Gasteiger partial charge in [0.1, 0.15) is 37.0 Å². The van der Waals surface area contributed by atoms with E-state index in [9.17, 15) is 14.0 Å². The molecule has 1 aromatic carbocycles. The molecule has 0 saturated carbocycles. The minimum atomic E-state index is -1.29. The average molecular weight is 545 g/mol. The number of carbonyl (C=O) groups excluding carboxylic acids is 2. The molecule has 2 aromatic heterocycles. The lowest BCUT2D eigenvalue weighted by Gasteiger charge is -2.22. The maximum atomic E-state index is 14.0. The van der Waals surface area contributed by atoms with Gasteiger partial charge in [0.15, 0.2) is 0 Å². The van der Waals surface area contributed by atoms with Crippen molar-refractivity contribution in [3.05, 3.63) is 66.6 Å². The first-order valence-corrected chi connectivity index (χ1v) is 12.5. The van der Waals surface area contributed by atoms with Crippen molar-refractivity contribution in [3.63, 3.8) is 0 Å². The number of nitrogens with one attached hydrogen (secondary N) is 2. The van der Waals surface area contributed by atoms with Gasteiger partial charge in [0, 0.05) is 29.7 Å². The molecule has 1 aliphatic rings. The molecule has 2 N–H and O–H groups in total. The van der Waals surface area contributed by atoms with E-state index in [0.29, 0.717) is 17.1 Å². The zero-order valence-corrected chi connectivity index (χ0v) is 22.3. The predicted octanol–water partition coefficient (Wildman–Crippen LogP) is 4.84. The Morgan fingerprint density at radius 3 is 2.85 bits per heavy atom. The Hall–Kier alpha value is -4.98. The second-order valence-electron chi connectivity index (χ2n) is 9.15. The van der Waals surface area contributed by atoms with Gasteiger partial charge in [-0.1, -0.05) is 12.5 Å². The van der Waals surface area contributed by atoms with Crippen LogP contribution in [0.3, 0.4) is 0 Å². The number of benzene rings is 1. The average Bonchev–Trinajstić information content (AvgIpc) is 3.33. The van der Waals surface area contributed by atoms with Crippen LogP contribution in [0.5, 0.6) is 5.75 Å². The molecule has 40 heavy (non-hydrogen) atoms. The Morgan fingerprint density at radius 2 is 2.15 bits per heavy atom. The number of aryl methyl sites for hydroxylation is 1. The van der Waals surface area contributed by atoms with E-state index in [0.717, 1.165) is 16.7 Å². The zero-order chi connectivity index (χ0) is 28.8. The number of ether oxygens (including phenoxy) is 2. The second-order valence-corrected chi connectivity index (χ2v) is 9.15. The first-order chi connectivity index (χ1) is 19.2. The standard InChI is InChI=1S/C29H29FN6O4/c1-6-10-39-22-13-20(12-21(14-22)34-27(37)7-2)23-15-32-24(11-17(23)3)19(5)33-28-31-9-8-26(35-28)36-25(18(4)30)16-40-29(36)38/h1,7-9,11-15,18-19,25H,2,10,16H2,3-5H3,(H,34,37)(H,31,33,35)/t18-,19-,25+/m0/s1. The summed E-state index contributed by atoms with van der Waals surface area (Å²) in [5, 5.41) is 5.93. The molecule has 4 rings (SSSR count). The zero-order valence-electron chi connectivity index (χ0n) is 22.3. The number of amides is 2. The van der Waals surface area contributed by atoms with Gasteiger partial charge in [-0.05, 0) is 62.2 Å². The highest BCUT2D eigenvalue weighted by Crippen LogP contribution is 2.32. The summed E-state index contributed by atoms with van der Waals surface area (Å²) in [7, 11) is 0. The van der Waals surface area contributed by atoms with Crippen LogP contribution in [0.1, 0.15) is 31.1 Å². The number of pyridine rings is 1. The summed E-state index contributed by atoms with van der Waals surface area (Å²) in [5.41, 5.74) is 3.76. The summed E-state index contributed by atoms with van der Waals surface area (Å²) in [6.45, 7) is 8.73. The molecular weight excluding hydrogens is 515 g/mol. The Balaban J connectivity index is 1.56. The van der Waals surface area contributed by atoms with E-state index < -0.39 is 18.3 Å². The van der Waals surface area contributed by atoms with Crippen molar-refractivity contribution in [1.82, 2.24) is 15.0 Å². The summed E-state index contributed by atoms with van der Waals surface area (Å²) in [5.74, 6) is 3.06. The molecule has 1 saturated heterocycles. The molecule has 10 nitrogen and oxygen atoms in total. The van der Waals surface area contributed by atoms with Crippen molar-refractivity contribution in [1.29, 1.82) is 0 Å². The van der Waals surface area contributed by atoms with Gasteiger partial charge in [-0.25, -0.2) is 14.2 Å². The second kappa shape index (κ2) is 12.3.